The van der Waals surface area contributed by atoms with Crippen LogP contribution in [0, 0.1) is 18.3 Å². The number of hydrogen-bond donors (Lipinski definition) is 1. The Kier molecular flexibility index (Phi) is 7.97. The number of aryl methyl sites for hydroxylation is 1. The van der Waals surface area contributed by atoms with Gasteiger partial charge in [-0.05, 0) is 54.4 Å². The summed E-state index contributed by atoms with van der Waals surface area (Å²) in [7, 11) is 0. The Hall–Kier alpha value is -3.60. The largest absolute Gasteiger partial charge is 0.489 e. The number of aromatic nitrogens is 1. The van der Waals surface area contributed by atoms with E-state index in [0.29, 0.717) is 24.3 Å². The first kappa shape index (κ1) is 23.6. The summed E-state index contributed by atoms with van der Waals surface area (Å²) >= 11 is 3.24. The molecule has 0 bridgehead atoms. The van der Waals surface area contributed by atoms with Gasteiger partial charge in [-0.25, -0.2) is 4.98 Å². The van der Waals surface area contributed by atoms with Crippen molar-refractivity contribution in [3.8, 4) is 11.8 Å². The van der Waals surface area contributed by atoms with E-state index in [1.165, 1.54) is 0 Å². The summed E-state index contributed by atoms with van der Waals surface area (Å²) in [5.74, 6) is 1.31. The number of thiazole rings is 1. The van der Waals surface area contributed by atoms with E-state index >= 15 is 0 Å². The van der Waals surface area contributed by atoms with Gasteiger partial charge in [0.2, 0.25) is 0 Å². The van der Waals surface area contributed by atoms with Gasteiger partial charge >= 0.3 is 0 Å². The number of hydrogen-bond acceptors (Lipinski definition) is 6. The molecular weight excluding hydrogens is 462 g/mol. The van der Waals surface area contributed by atoms with E-state index < -0.39 is 0 Å². The van der Waals surface area contributed by atoms with Crippen molar-refractivity contribution in [1.82, 2.24) is 4.98 Å². The van der Waals surface area contributed by atoms with E-state index in [1.807, 2.05) is 79.7 Å². The molecule has 1 amide bonds. The lowest BCUT2D eigenvalue weighted by Gasteiger charge is -2.11. The van der Waals surface area contributed by atoms with E-state index in [4.69, 9.17) is 10.00 Å². The molecule has 0 aliphatic rings. The number of benzene rings is 3. The van der Waals surface area contributed by atoms with Crippen LogP contribution in [0.1, 0.15) is 32.2 Å². The molecule has 0 aliphatic heterocycles. The van der Waals surface area contributed by atoms with E-state index in [1.54, 1.807) is 23.1 Å². The second-order valence-electron chi connectivity index (χ2n) is 7.56. The normalized spacial score (nSPS) is 10.5. The van der Waals surface area contributed by atoms with Gasteiger partial charge in [0.15, 0.2) is 0 Å². The van der Waals surface area contributed by atoms with Gasteiger partial charge < -0.3 is 10.1 Å². The fourth-order valence-electron chi connectivity index (χ4n) is 3.31. The van der Waals surface area contributed by atoms with Gasteiger partial charge in [0.05, 0.1) is 28.8 Å². The fraction of sp³-hybridized carbons (Fsp3) is 0.148. The zero-order chi connectivity index (χ0) is 23.8. The maximum absolute atomic E-state index is 13.0. The molecule has 0 fully saturated rings. The van der Waals surface area contributed by atoms with Crippen LogP contribution < -0.4 is 10.1 Å². The van der Waals surface area contributed by atoms with Gasteiger partial charge in [0.1, 0.15) is 12.4 Å². The minimum absolute atomic E-state index is 0.149. The minimum Gasteiger partial charge on any atom is -0.489 e. The van der Waals surface area contributed by atoms with Crippen LogP contribution in [0.25, 0.3) is 0 Å². The highest BCUT2D eigenvalue weighted by Gasteiger charge is 2.13. The van der Waals surface area contributed by atoms with Crippen LogP contribution in [0.15, 0.2) is 83.1 Å². The first-order valence-corrected chi connectivity index (χ1v) is 12.6. The van der Waals surface area contributed by atoms with E-state index in [2.05, 4.69) is 21.8 Å². The molecule has 7 heteroatoms. The van der Waals surface area contributed by atoms with Crippen LogP contribution in [0.2, 0.25) is 0 Å². The third-order valence-corrected chi connectivity index (χ3v) is 6.90. The Labute approximate surface area is 207 Å². The molecule has 1 N–H and O–H groups in total. The first-order chi connectivity index (χ1) is 16.6. The number of thioether (sulfide) groups is 1. The number of amides is 1. The zero-order valence-electron chi connectivity index (χ0n) is 18.7. The second-order valence-corrected chi connectivity index (χ2v) is 9.64. The lowest BCUT2D eigenvalue weighted by atomic mass is 10.1. The number of ether oxygens (including phenoxy) is 1. The van der Waals surface area contributed by atoms with Gasteiger partial charge in [0.25, 0.3) is 5.91 Å². The van der Waals surface area contributed by atoms with Gasteiger partial charge in [-0.3, -0.25) is 4.79 Å². The lowest BCUT2D eigenvalue weighted by molar-refractivity contribution is 0.102. The number of nitriles is 1. The van der Waals surface area contributed by atoms with Crippen molar-refractivity contribution in [1.29, 1.82) is 5.26 Å². The third-order valence-electron chi connectivity index (χ3n) is 4.97. The van der Waals surface area contributed by atoms with Gasteiger partial charge in [-0.2, -0.15) is 5.26 Å². The van der Waals surface area contributed by atoms with Gasteiger partial charge in [-0.15, -0.1) is 23.1 Å². The average molecular weight is 486 g/mol. The van der Waals surface area contributed by atoms with Gasteiger partial charge in [-0.1, -0.05) is 36.4 Å². The zero-order valence-corrected chi connectivity index (χ0v) is 20.3. The number of rotatable bonds is 9. The molecule has 0 saturated carbocycles. The summed E-state index contributed by atoms with van der Waals surface area (Å²) in [6.45, 7) is 2.37. The second kappa shape index (κ2) is 11.5. The number of carbonyl (C=O) groups excluding carboxylic acids is 1. The Balaban J connectivity index is 1.38. The van der Waals surface area contributed by atoms with E-state index in [-0.39, 0.29) is 5.91 Å². The van der Waals surface area contributed by atoms with Crippen molar-refractivity contribution in [2.24, 2.45) is 0 Å². The van der Waals surface area contributed by atoms with Crippen molar-refractivity contribution in [3.05, 3.63) is 106 Å². The summed E-state index contributed by atoms with van der Waals surface area (Å²) in [6, 6.07) is 24.9. The Morgan fingerprint density at radius 3 is 2.68 bits per heavy atom. The van der Waals surface area contributed by atoms with Crippen LogP contribution in [0.3, 0.4) is 0 Å². The molecule has 4 rings (SSSR count). The lowest BCUT2D eigenvalue weighted by Crippen LogP contribution is -2.13. The molecule has 34 heavy (non-hydrogen) atoms. The molecule has 0 spiro atoms. The van der Waals surface area contributed by atoms with E-state index in [9.17, 15) is 4.79 Å². The molecule has 0 saturated heterocycles. The Bertz CT molecular complexity index is 1310. The maximum atomic E-state index is 13.0. The van der Waals surface area contributed by atoms with Gasteiger partial charge in [0, 0.05) is 21.7 Å². The average Bonchev–Trinajstić information content (AvgIpc) is 3.28. The maximum Gasteiger partial charge on any atom is 0.256 e. The number of nitrogens with zero attached hydrogens (tertiary/aromatic N) is 2. The molecule has 0 aliphatic carbocycles. The van der Waals surface area contributed by atoms with E-state index in [0.717, 1.165) is 38.2 Å². The van der Waals surface area contributed by atoms with Crippen LogP contribution in [0.4, 0.5) is 5.69 Å². The molecule has 1 heterocycles. The number of carbonyl (C=O) groups is 1. The highest BCUT2D eigenvalue weighted by atomic mass is 32.2. The minimum atomic E-state index is -0.149. The molecule has 0 atom stereocenters. The highest BCUT2D eigenvalue weighted by molar-refractivity contribution is 7.98. The van der Waals surface area contributed by atoms with Crippen LogP contribution in [-0.2, 0) is 18.8 Å². The van der Waals surface area contributed by atoms with Crippen molar-refractivity contribution >= 4 is 34.7 Å². The molecule has 1 aromatic heterocycles. The molecule has 0 unspecified atom stereocenters. The summed E-state index contributed by atoms with van der Waals surface area (Å²) in [5, 5.41) is 14.9. The molecular formula is C27H23N3O2S2. The summed E-state index contributed by atoms with van der Waals surface area (Å²) < 4.78 is 5.86. The summed E-state index contributed by atoms with van der Waals surface area (Å²) in [5.41, 5.74) is 4.28. The topological polar surface area (TPSA) is 75.0 Å². The Morgan fingerprint density at radius 2 is 1.91 bits per heavy atom. The molecule has 0 radical (unpaired) electrons. The molecule has 3 aromatic carbocycles. The quantitative estimate of drug-likeness (QED) is 0.269. The third kappa shape index (κ3) is 6.47. The highest BCUT2D eigenvalue weighted by Crippen LogP contribution is 2.27. The molecule has 170 valence electrons. The van der Waals surface area contributed by atoms with Crippen LogP contribution in [0.5, 0.6) is 5.75 Å². The van der Waals surface area contributed by atoms with Crippen molar-refractivity contribution in [3.63, 3.8) is 0 Å². The predicted molar refractivity (Wildman–Crippen MR) is 137 cm³/mol. The van der Waals surface area contributed by atoms with Crippen LogP contribution >= 0.6 is 23.1 Å². The molecule has 4 aromatic rings. The van der Waals surface area contributed by atoms with Crippen molar-refractivity contribution in [2.45, 2.75) is 30.6 Å². The summed E-state index contributed by atoms with van der Waals surface area (Å²) in [6.07, 6.45) is 0.383. The number of nitrogens with one attached hydrogen (secondary N) is 1. The predicted octanol–water partition coefficient (Wildman–Crippen LogP) is 6.64. The first-order valence-electron chi connectivity index (χ1n) is 10.7. The SMILES string of the molecule is Cc1nc(CSc2ccccc2C(=O)Nc2cccc(COc3ccc(CC#N)cc3)c2)cs1. The standard InChI is InChI=1S/C27H23N3O2S2/c1-19-29-23(17-33-19)18-34-26-8-3-2-7-25(26)27(31)30-22-6-4-5-21(15-22)16-32-24-11-9-20(10-12-24)13-14-28/h2-12,15,17H,13,16,18H2,1H3,(H,30,31). The monoisotopic (exact) mass is 485 g/mol. The fourth-order valence-corrected chi connectivity index (χ4v) is 4.97. The summed E-state index contributed by atoms with van der Waals surface area (Å²) in [4.78, 5) is 18.5. The van der Waals surface area contributed by atoms with Crippen LogP contribution in [-0.4, -0.2) is 10.9 Å². The Morgan fingerprint density at radius 1 is 1.09 bits per heavy atom. The molecule has 5 nitrogen and oxygen atoms in total. The number of anilines is 1. The van der Waals surface area contributed by atoms with Crippen molar-refractivity contribution in [2.75, 3.05) is 5.32 Å². The van der Waals surface area contributed by atoms with Crippen molar-refractivity contribution < 1.29 is 9.53 Å². The smallest absolute Gasteiger partial charge is 0.256 e.